The summed E-state index contributed by atoms with van der Waals surface area (Å²) in [4.78, 5) is 49.0. The van der Waals surface area contributed by atoms with Crippen LogP contribution in [0.5, 0.6) is 0 Å². The second kappa shape index (κ2) is 11.7. The van der Waals surface area contributed by atoms with Gasteiger partial charge in [0, 0.05) is 59.4 Å². The Labute approximate surface area is 245 Å². The molecule has 3 heterocycles. The third kappa shape index (κ3) is 5.78. The first-order valence-electron chi connectivity index (χ1n) is 14.2. The molecule has 0 spiro atoms. The molecule has 5 rings (SSSR count). The van der Waals surface area contributed by atoms with Crippen LogP contribution in [0.15, 0.2) is 48.7 Å². The smallest absolute Gasteiger partial charge is 0.315 e. The Kier molecular flexibility index (Phi) is 8.29. The fourth-order valence-electron chi connectivity index (χ4n) is 6.99. The summed E-state index contributed by atoms with van der Waals surface area (Å²) in [6.07, 6.45) is 3.45. The molecule has 2 aliphatic rings. The van der Waals surface area contributed by atoms with Gasteiger partial charge in [0.1, 0.15) is 0 Å². The number of carbonyl (C=O) groups is 3. The highest BCUT2D eigenvalue weighted by atomic mass is 35.5. The largest absolute Gasteiger partial charge is 0.369 e. The number of aromatic amines is 1. The first-order valence-corrected chi connectivity index (χ1v) is 14.6. The van der Waals surface area contributed by atoms with E-state index in [1.54, 1.807) is 4.90 Å². The maximum absolute atomic E-state index is 15.0. The van der Waals surface area contributed by atoms with Crippen molar-refractivity contribution in [3.05, 3.63) is 64.8 Å². The molecule has 4 unspecified atom stereocenters. The average Bonchev–Trinajstić information content (AvgIpc) is 3.36. The van der Waals surface area contributed by atoms with Crippen molar-refractivity contribution in [2.24, 2.45) is 29.2 Å². The van der Waals surface area contributed by atoms with E-state index in [9.17, 15) is 14.4 Å². The number of aromatic nitrogens is 1. The molecular weight excluding hydrogens is 540 g/mol. The van der Waals surface area contributed by atoms with E-state index in [1.165, 1.54) is 0 Å². The Hall–Kier alpha value is -3.56. The van der Waals surface area contributed by atoms with Gasteiger partial charge < -0.3 is 31.2 Å². The van der Waals surface area contributed by atoms with Crippen LogP contribution in [0.25, 0.3) is 10.9 Å². The number of nitrogens with zero attached hydrogens (tertiary/aromatic N) is 3. The van der Waals surface area contributed by atoms with Crippen LogP contribution in [0.2, 0.25) is 5.02 Å². The van der Waals surface area contributed by atoms with E-state index in [0.717, 1.165) is 40.7 Å². The number of halogens is 1. The zero-order valence-electron chi connectivity index (χ0n) is 23.8. The van der Waals surface area contributed by atoms with Gasteiger partial charge in [-0.25, -0.2) is 4.79 Å². The molecule has 1 fully saturated rings. The highest BCUT2D eigenvalue weighted by Gasteiger charge is 2.46. The Balaban J connectivity index is 1.62. The Bertz CT molecular complexity index is 1450. The normalized spacial score (nSPS) is 22.4. The minimum absolute atomic E-state index is 0.101. The van der Waals surface area contributed by atoms with Crippen molar-refractivity contribution in [2.45, 2.75) is 38.1 Å². The molecule has 4 amide bonds. The number of likely N-dealkylation sites (tertiary alicyclic amines) is 1. The molecule has 0 aliphatic carbocycles. The number of primary amides is 2. The number of hydrogen-bond donors (Lipinski definition) is 3. The molecule has 3 aromatic rings. The lowest BCUT2D eigenvalue weighted by Gasteiger charge is -2.45. The molecule has 5 atom stereocenters. The van der Waals surface area contributed by atoms with Crippen molar-refractivity contribution in [2.75, 3.05) is 38.6 Å². The minimum atomic E-state index is -0.675. The van der Waals surface area contributed by atoms with Crippen molar-refractivity contribution in [1.82, 2.24) is 14.8 Å². The van der Waals surface area contributed by atoms with Gasteiger partial charge in [0.05, 0.1) is 5.92 Å². The van der Waals surface area contributed by atoms with Crippen molar-refractivity contribution in [1.29, 1.82) is 0 Å². The number of benzene rings is 2. The summed E-state index contributed by atoms with van der Waals surface area (Å²) >= 11 is 6.40. The number of rotatable bonds is 7. The van der Waals surface area contributed by atoms with E-state index >= 15 is 0 Å². The Morgan fingerprint density at radius 3 is 2.61 bits per heavy atom. The van der Waals surface area contributed by atoms with Crippen molar-refractivity contribution in [3.8, 4) is 0 Å². The molecule has 2 aliphatic heterocycles. The van der Waals surface area contributed by atoms with Crippen LogP contribution in [0.3, 0.4) is 0 Å². The van der Waals surface area contributed by atoms with Crippen molar-refractivity contribution >= 4 is 46.0 Å². The number of para-hydroxylation sites is 1. The first kappa shape index (κ1) is 29.0. The van der Waals surface area contributed by atoms with Crippen LogP contribution in [0.1, 0.15) is 36.8 Å². The van der Waals surface area contributed by atoms with E-state index in [1.807, 2.05) is 74.6 Å². The van der Waals surface area contributed by atoms with Gasteiger partial charge in [-0.15, -0.1) is 0 Å². The molecule has 0 bridgehead atoms. The summed E-state index contributed by atoms with van der Waals surface area (Å²) in [6.45, 7) is 3.63. The molecule has 41 heavy (non-hydrogen) atoms. The summed E-state index contributed by atoms with van der Waals surface area (Å²) in [5, 5.41) is 1.64. The van der Waals surface area contributed by atoms with Gasteiger partial charge in [-0.05, 0) is 80.6 Å². The predicted molar refractivity (Wildman–Crippen MR) is 162 cm³/mol. The van der Waals surface area contributed by atoms with Crippen molar-refractivity contribution in [3.63, 3.8) is 0 Å². The lowest BCUT2D eigenvalue weighted by atomic mass is 9.74. The van der Waals surface area contributed by atoms with Gasteiger partial charge in [0.15, 0.2) is 0 Å². The summed E-state index contributed by atoms with van der Waals surface area (Å²) < 4.78 is 0. The summed E-state index contributed by atoms with van der Waals surface area (Å²) in [6, 6.07) is 12.4. The van der Waals surface area contributed by atoms with Gasteiger partial charge in [-0.3, -0.25) is 9.59 Å². The van der Waals surface area contributed by atoms with Crippen LogP contribution in [-0.4, -0.2) is 72.4 Å². The van der Waals surface area contributed by atoms with Crippen LogP contribution in [0.4, 0.5) is 10.5 Å². The summed E-state index contributed by atoms with van der Waals surface area (Å²) in [5.41, 5.74) is 15.5. The van der Waals surface area contributed by atoms with Crippen LogP contribution < -0.4 is 16.4 Å². The van der Waals surface area contributed by atoms with E-state index in [4.69, 9.17) is 23.1 Å². The standard InChI is InChI=1S/C31H39ClN6O3/c1-18(24-15-35-25-7-5-4-6-23(24)25)28(27-14-20(29(33)39)10-11-37(27)31(34)41)30(40)38-17-19(16-36(2)3)12-21-13-22(32)8-9-26(21)38/h4-9,13,15,18-20,27-28,35H,10-12,14,16-17H2,1-3H3,(H2,33,39)(H2,34,41)/t18?,19-,20?,27?,28?/m1/s1. The second-order valence-electron chi connectivity index (χ2n) is 11.9. The maximum atomic E-state index is 15.0. The number of piperidine rings is 1. The molecule has 0 radical (unpaired) electrons. The molecule has 2 aromatic carbocycles. The van der Waals surface area contributed by atoms with Gasteiger partial charge >= 0.3 is 6.03 Å². The first-order chi connectivity index (χ1) is 19.5. The highest BCUT2D eigenvalue weighted by Crippen LogP contribution is 2.41. The third-order valence-electron chi connectivity index (χ3n) is 8.85. The molecule has 10 heteroatoms. The maximum Gasteiger partial charge on any atom is 0.315 e. The van der Waals surface area contributed by atoms with Crippen molar-refractivity contribution < 1.29 is 14.4 Å². The molecular formula is C31H39ClN6O3. The zero-order chi connectivity index (χ0) is 29.4. The lowest BCUT2D eigenvalue weighted by Crippen LogP contribution is -2.58. The topological polar surface area (TPSA) is 129 Å². The predicted octanol–water partition coefficient (Wildman–Crippen LogP) is 3.95. The fourth-order valence-corrected chi connectivity index (χ4v) is 7.18. The minimum Gasteiger partial charge on any atom is -0.369 e. The second-order valence-corrected chi connectivity index (χ2v) is 12.3. The van der Waals surface area contributed by atoms with Gasteiger partial charge in [0.25, 0.3) is 0 Å². The van der Waals surface area contributed by atoms with Crippen LogP contribution in [0, 0.1) is 17.8 Å². The number of H-pyrrole nitrogens is 1. The molecule has 9 nitrogen and oxygen atoms in total. The number of nitrogens with two attached hydrogens (primary N) is 2. The number of amides is 4. The van der Waals surface area contributed by atoms with Gasteiger partial charge in [0.2, 0.25) is 11.8 Å². The number of nitrogens with one attached hydrogen (secondary N) is 1. The summed E-state index contributed by atoms with van der Waals surface area (Å²) in [7, 11) is 4.05. The number of carbonyl (C=O) groups excluding carboxylic acids is 3. The van der Waals surface area contributed by atoms with Gasteiger partial charge in [-0.1, -0.05) is 36.7 Å². The fraction of sp³-hybridized carbons (Fsp3) is 0.452. The summed E-state index contributed by atoms with van der Waals surface area (Å²) in [5.74, 6) is -1.76. The molecule has 0 saturated carbocycles. The monoisotopic (exact) mass is 578 g/mol. The van der Waals surface area contributed by atoms with E-state index in [0.29, 0.717) is 18.0 Å². The van der Waals surface area contributed by atoms with E-state index < -0.39 is 29.8 Å². The lowest BCUT2D eigenvalue weighted by molar-refractivity contribution is -0.129. The number of hydrogen-bond acceptors (Lipinski definition) is 4. The Morgan fingerprint density at radius 1 is 1.15 bits per heavy atom. The molecule has 5 N–H and O–H groups in total. The zero-order valence-corrected chi connectivity index (χ0v) is 24.6. The average molecular weight is 579 g/mol. The quantitative estimate of drug-likeness (QED) is 0.392. The highest BCUT2D eigenvalue weighted by molar-refractivity contribution is 6.30. The van der Waals surface area contributed by atoms with E-state index in [2.05, 4.69) is 9.88 Å². The molecule has 1 aromatic heterocycles. The Morgan fingerprint density at radius 2 is 1.90 bits per heavy atom. The van der Waals surface area contributed by atoms with Crippen LogP contribution >= 0.6 is 11.6 Å². The van der Waals surface area contributed by atoms with Gasteiger partial charge in [-0.2, -0.15) is 0 Å². The van der Waals surface area contributed by atoms with E-state index in [-0.39, 0.29) is 30.7 Å². The third-order valence-corrected chi connectivity index (χ3v) is 9.09. The number of anilines is 1. The van der Waals surface area contributed by atoms with Crippen LogP contribution in [-0.2, 0) is 16.0 Å². The number of fused-ring (bicyclic) bond motifs is 2. The molecule has 218 valence electrons. The SMILES string of the molecule is CC(c1c[nH]c2ccccc12)C(C(=O)N1C[C@@H](CN(C)C)Cc2cc(Cl)ccc21)C1CC(C(N)=O)CCN1C(N)=O. The molecule has 1 saturated heterocycles. The number of urea groups is 1.